The standard InChI is InChI=1S/C10H19N3O3/c1-7(9(11)14)12-8(2)10(15)13-3-5-16-6-4-13/h7-8,12H,3-6H2,1-2H3,(H2,11,14). The van der Waals surface area contributed by atoms with Crippen LogP contribution >= 0.6 is 0 Å². The van der Waals surface area contributed by atoms with Crippen LogP contribution < -0.4 is 11.1 Å². The molecule has 1 heterocycles. The Bertz CT molecular complexity index is 264. The molecule has 0 radical (unpaired) electrons. The highest BCUT2D eigenvalue weighted by Gasteiger charge is 2.24. The summed E-state index contributed by atoms with van der Waals surface area (Å²) in [6.45, 7) is 5.74. The molecule has 0 saturated carbocycles. The van der Waals surface area contributed by atoms with Crippen molar-refractivity contribution in [3.8, 4) is 0 Å². The molecule has 0 bridgehead atoms. The van der Waals surface area contributed by atoms with Gasteiger partial charge in [0.05, 0.1) is 25.3 Å². The highest BCUT2D eigenvalue weighted by atomic mass is 16.5. The summed E-state index contributed by atoms with van der Waals surface area (Å²) in [5.41, 5.74) is 5.12. The lowest BCUT2D eigenvalue weighted by atomic mass is 10.2. The predicted octanol–water partition coefficient (Wildman–Crippen LogP) is -1.30. The molecular weight excluding hydrogens is 210 g/mol. The average molecular weight is 229 g/mol. The zero-order chi connectivity index (χ0) is 12.1. The van der Waals surface area contributed by atoms with Crippen molar-refractivity contribution < 1.29 is 14.3 Å². The van der Waals surface area contributed by atoms with Crippen LogP contribution in [0, 0.1) is 0 Å². The maximum Gasteiger partial charge on any atom is 0.239 e. The smallest absolute Gasteiger partial charge is 0.239 e. The molecule has 1 aliphatic rings. The molecule has 1 fully saturated rings. The number of nitrogens with zero attached hydrogens (tertiary/aromatic N) is 1. The molecule has 0 aromatic rings. The van der Waals surface area contributed by atoms with Gasteiger partial charge < -0.3 is 15.4 Å². The van der Waals surface area contributed by atoms with Gasteiger partial charge >= 0.3 is 0 Å². The maximum absolute atomic E-state index is 11.9. The number of nitrogens with one attached hydrogen (secondary N) is 1. The Kier molecular flexibility index (Phi) is 4.70. The molecule has 0 spiro atoms. The van der Waals surface area contributed by atoms with Gasteiger partial charge in [0.15, 0.2) is 0 Å². The van der Waals surface area contributed by atoms with Gasteiger partial charge in [0.2, 0.25) is 11.8 Å². The van der Waals surface area contributed by atoms with E-state index in [1.54, 1.807) is 18.7 Å². The Labute approximate surface area is 95.1 Å². The highest BCUT2D eigenvalue weighted by Crippen LogP contribution is 2.01. The summed E-state index contributed by atoms with van der Waals surface area (Å²) in [6.07, 6.45) is 0. The predicted molar refractivity (Wildman–Crippen MR) is 58.7 cm³/mol. The van der Waals surface area contributed by atoms with Crippen LogP contribution in [0.3, 0.4) is 0 Å². The van der Waals surface area contributed by atoms with E-state index in [0.29, 0.717) is 26.3 Å². The van der Waals surface area contributed by atoms with E-state index in [0.717, 1.165) is 0 Å². The van der Waals surface area contributed by atoms with Gasteiger partial charge in [-0.3, -0.25) is 14.9 Å². The van der Waals surface area contributed by atoms with E-state index in [1.165, 1.54) is 0 Å². The fourth-order valence-corrected chi connectivity index (χ4v) is 1.59. The molecule has 3 N–H and O–H groups in total. The fraction of sp³-hybridized carbons (Fsp3) is 0.800. The third-order valence-electron chi connectivity index (χ3n) is 2.62. The third-order valence-corrected chi connectivity index (χ3v) is 2.62. The first-order chi connectivity index (χ1) is 7.52. The Hall–Kier alpha value is -1.14. The summed E-state index contributed by atoms with van der Waals surface area (Å²) >= 11 is 0. The number of hydrogen-bond donors (Lipinski definition) is 2. The van der Waals surface area contributed by atoms with E-state index in [4.69, 9.17) is 10.5 Å². The minimum Gasteiger partial charge on any atom is -0.378 e. The van der Waals surface area contributed by atoms with Gasteiger partial charge in [0, 0.05) is 13.1 Å². The summed E-state index contributed by atoms with van der Waals surface area (Å²) in [4.78, 5) is 24.5. The summed E-state index contributed by atoms with van der Waals surface area (Å²) < 4.78 is 5.16. The first kappa shape index (κ1) is 12.9. The minimum atomic E-state index is -0.500. The van der Waals surface area contributed by atoms with Crippen molar-refractivity contribution in [2.45, 2.75) is 25.9 Å². The maximum atomic E-state index is 11.9. The molecule has 0 aromatic carbocycles. The summed E-state index contributed by atoms with van der Waals surface area (Å²) in [6, 6.07) is -0.902. The van der Waals surface area contributed by atoms with Crippen LogP contribution in [0.25, 0.3) is 0 Å². The molecule has 16 heavy (non-hydrogen) atoms. The zero-order valence-electron chi connectivity index (χ0n) is 9.73. The minimum absolute atomic E-state index is 0.0172. The summed E-state index contributed by atoms with van der Waals surface area (Å²) in [7, 11) is 0. The van der Waals surface area contributed by atoms with Crippen molar-refractivity contribution in [3.63, 3.8) is 0 Å². The second-order valence-corrected chi connectivity index (χ2v) is 3.95. The molecule has 1 rings (SSSR count). The number of primary amides is 1. The van der Waals surface area contributed by atoms with E-state index < -0.39 is 18.0 Å². The quantitative estimate of drug-likeness (QED) is 0.627. The van der Waals surface area contributed by atoms with Crippen molar-refractivity contribution in [3.05, 3.63) is 0 Å². The topological polar surface area (TPSA) is 84.7 Å². The number of morpholine rings is 1. The number of rotatable bonds is 4. The molecule has 92 valence electrons. The van der Waals surface area contributed by atoms with Crippen LogP contribution in [0.5, 0.6) is 0 Å². The molecule has 2 atom stereocenters. The molecule has 1 saturated heterocycles. The molecule has 0 aliphatic carbocycles. The molecule has 2 unspecified atom stereocenters. The third kappa shape index (κ3) is 3.46. The SMILES string of the molecule is CC(NC(C)C(=O)N1CCOCC1)C(N)=O. The Morgan fingerprint density at radius 1 is 1.25 bits per heavy atom. The molecular formula is C10H19N3O3. The van der Waals surface area contributed by atoms with Crippen LogP contribution in [0.1, 0.15) is 13.8 Å². The van der Waals surface area contributed by atoms with Crippen LogP contribution in [-0.2, 0) is 14.3 Å². The Morgan fingerprint density at radius 2 is 1.81 bits per heavy atom. The van der Waals surface area contributed by atoms with Crippen molar-refractivity contribution in [2.75, 3.05) is 26.3 Å². The molecule has 2 amide bonds. The lowest BCUT2D eigenvalue weighted by Crippen LogP contribution is -2.53. The largest absolute Gasteiger partial charge is 0.378 e. The van der Waals surface area contributed by atoms with Crippen LogP contribution in [0.2, 0.25) is 0 Å². The number of nitrogens with two attached hydrogens (primary N) is 1. The Balaban J connectivity index is 2.43. The van der Waals surface area contributed by atoms with Gasteiger partial charge in [0.1, 0.15) is 0 Å². The first-order valence-corrected chi connectivity index (χ1v) is 5.44. The number of ether oxygens (including phenoxy) is 1. The van der Waals surface area contributed by atoms with Crippen LogP contribution in [0.15, 0.2) is 0 Å². The monoisotopic (exact) mass is 229 g/mol. The van der Waals surface area contributed by atoms with E-state index in [9.17, 15) is 9.59 Å². The van der Waals surface area contributed by atoms with E-state index in [2.05, 4.69) is 5.32 Å². The number of carbonyl (C=O) groups is 2. The van der Waals surface area contributed by atoms with Crippen molar-refractivity contribution in [1.29, 1.82) is 0 Å². The second-order valence-electron chi connectivity index (χ2n) is 3.95. The van der Waals surface area contributed by atoms with Gasteiger partial charge in [0.25, 0.3) is 0 Å². The van der Waals surface area contributed by atoms with E-state index in [-0.39, 0.29) is 5.91 Å². The molecule has 1 aliphatic heterocycles. The van der Waals surface area contributed by atoms with Gasteiger partial charge in [-0.25, -0.2) is 0 Å². The van der Waals surface area contributed by atoms with Crippen molar-refractivity contribution in [1.82, 2.24) is 10.2 Å². The normalized spacial score (nSPS) is 20.2. The highest BCUT2D eigenvalue weighted by molar-refractivity contribution is 5.84. The molecule has 6 nitrogen and oxygen atoms in total. The number of hydrogen-bond acceptors (Lipinski definition) is 4. The van der Waals surface area contributed by atoms with E-state index in [1.807, 2.05) is 0 Å². The Morgan fingerprint density at radius 3 is 2.31 bits per heavy atom. The molecule has 0 aromatic heterocycles. The number of carbonyl (C=O) groups excluding carboxylic acids is 2. The zero-order valence-corrected chi connectivity index (χ0v) is 9.73. The van der Waals surface area contributed by atoms with Gasteiger partial charge in [-0.1, -0.05) is 0 Å². The van der Waals surface area contributed by atoms with Crippen LogP contribution in [0.4, 0.5) is 0 Å². The van der Waals surface area contributed by atoms with Crippen LogP contribution in [-0.4, -0.2) is 55.1 Å². The second kappa shape index (κ2) is 5.81. The lowest BCUT2D eigenvalue weighted by molar-refractivity contribution is -0.137. The first-order valence-electron chi connectivity index (χ1n) is 5.44. The fourth-order valence-electron chi connectivity index (χ4n) is 1.59. The van der Waals surface area contributed by atoms with Crippen molar-refractivity contribution in [2.24, 2.45) is 5.73 Å². The van der Waals surface area contributed by atoms with Gasteiger partial charge in [-0.2, -0.15) is 0 Å². The lowest BCUT2D eigenvalue weighted by Gasteiger charge is -2.30. The van der Waals surface area contributed by atoms with E-state index >= 15 is 0 Å². The average Bonchev–Trinajstić information content (AvgIpc) is 2.28. The van der Waals surface area contributed by atoms with Gasteiger partial charge in [-0.15, -0.1) is 0 Å². The summed E-state index contributed by atoms with van der Waals surface area (Å²) in [5, 5.41) is 2.87. The molecule has 6 heteroatoms. The van der Waals surface area contributed by atoms with Gasteiger partial charge in [-0.05, 0) is 13.8 Å². The van der Waals surface area contributed by atoms with Crippen molar-refractivity contribution >= 4 is 11.8 Å². The number of amides is 2. The summed E-state index contributed by atoms with van der Waals surface area (Å²) in [5.74, 6) is -0.474.